The number of benzene rings is 3. The zero-order chi connectivity index (χ0) is 26.8. The van der Waals surface area contributed by atoms with Crippen molar-refractivity contribution in [2.75, 3.05) is 18.7 Å². The average Bonchev–Trinajstić information content (AvgIpc) is 3.55. The molecular formula is C28H24Cl2N4O4. The predicted molar refractivity (Wildman–Crippen MR) is 146 cm³/mol. The van der Waals surface area contributed by atoms with Crippen molar-refractivity contribution in [3.8, 4) is 28.4 Å². The molecule has 0 saturated heterocycles. The summed E-state index contributed by atoms with van der Waals surface area (Å²) >= 11 is 12.4. The minimum atomic E-state index is -0.381. The van der Waals surface area contributed by atoms with Gasteiger partial charge in [0.2, 0.25) is 12.7 Å². The summed E-state index contributed by atoms with van der Waals surface area (Å²) in [5, 5.41) is 8.38. The topological polar surface area (TPSA) is 85.7 Å². The maximum atomic E-state index is 13.3. The van der Waals surface area contributed by atoms with E-state index in [1.807, 2.05) is 44.2 Å². The van der Waals surface area contributed by atoms with E-state index in [0.717, 1.165) is 5.56 Å². The number of hydrogen-bond acceptors (Lipinski definition) is 5. The molecule has 5 rings (SSSR count). The quantitative estimate of drug-likeness (QED) is 0.302. The van der Waals surface area contributed by atoms with E-state index in [9.17, 15) is 9.59 Å². The maximum absolute atomic E-state index is 13.3. The lowest BCUT2D eigenvalue weighted by molar-refractivity contribution is -0.117. The van der Waals surface area contributed by atoms with Crippen molar-refractivity contribution in [2.24, 2.45) is 0 Å². The molecule has 38 heavy (non-hydrogen) atoms. The molecule has 0 spiro atoms. The van der Waals surface area contributed by atoms with Crippen molar-refractivity contribution in [2.45, 2.75) is 19.9 Å². The molecule has 3 aromatic carbocycles. The van der Waals surface area contributed by atoms with Crippen LogP contribution < -0.4 is 14.8 Å². The van der Waals surface area contributed by atoms with Gasteiger partial charge < -0.3 is 19.7 Å². The van der Waals surface area contributed by atoms with Gasteiger partial charge in [-0.1, -0.05) is 53.5 Å². The van der Waals surface area contributed by atoms with Crippen molar-refractivity contribution in [3.05, 3.63) is 88.4 Å². The molecule has 2 heterocycles. The molecule has 1 aromatic heterocycles. The van der Waals surface area contributed by atoms with Crippen LogP contribution in [0.15, 0.2) is 72.8 Å². The molecule has 0 saturated carbocycles. The molecule has 0 bridgehead atoms. The molecule has 1 aliphatic heterocycles. The summed E-state index contributed by atoms with van der Waals surface area (Å²) in [6.45, 7) is 3.65. The summed E-state index contributed by atoms with van der Waals surface area (Å²) < 4.78 is 12.3. The Hall–Kier alpha value is -4.01. The molecule has 8 nitrogen and oxygen atoms in total. The Morgan fingerprint density at radius 3 is 2.47 bits per heavy atom. The van der Waals surface area contributed by atoms with Crippen LogP contribution in [0.2, 0.25) is 10.0 Å². The van der Waals surface area contributed by atoms with E-state index in [4.69, 9.17) is 37.8 Å². The number of hydrogen-bond donors (Lipinski definition) is 1. The van der Waals surface area contributed by atoms with Crippen molar-refractivity contribution < 1.29 is 19.1 Å². The van der Waals surface area contributed by atoms with Gasteiger partial charge in [0.1, 0.15) is 12.4 Å². The number of ether oxygens (including phenoxy) is 2. The Labute approximate surface area is 229 Å². The van der Waals surface area contributed by atoms with Gasteiger partial charge >= 0.3 is 0 Å². The first-order valence-corrected chi connectivity index (χ1v) is 12.7. The van der Waals surface area contributed by atoms with Crippen LogP contribution in [0.25, 0.3) is 16.9 Å². The van der Waals surface area contributed by atoms with Gasteiger partial charge in [-0.3, -0.25) is 9.59 Å². The number of nitrogens with zero attached hydrogens (tertiary/aromatic N) is 3. The van der Waals surface area contributed by atoms with Crippen LogP contribution in [-0.4, -0.2) is 45.9 Å². The third kappa shape index (κ3) is 5.32. The standard InChI is InChI=1S/C28H24Cl2N4O4/c1-17(2)33(28(36)19-8-11-24-25(12-19)38-16-37-24)15-27(35)31-26-14-23(18-6-4-3-5-7-18)32-34(26)20-9-10-21(29)22(30)13-20/h3-14,17H,15-16H2,1-2H3,(H,31,35). The number of fused-ring (bicyclic) bond motifs is 1. The molecule has 0 radical (unpaired) electrons. The summed E-state index contributed by atoms with van der Waals surface area (Å²) in [6, 6.07) is 21.2. The second-order valence-electron chi connectivity index (χ2n) is 8.93. The van der Waals surface area contributed by atoms with E-state index in [2.05, 4.69) is 5.32 Å². The van der Waals surface area contributed by atoms with Crippen molar-refractivity contribution in [3.63, 3.8) is 0 Å². The zero-order valence-electron chi connectivity index (χ0n) is 20.7. The highest BCUT2D eigenvalue weighted by Gasteiger charge is 2.25. The lowest BCUT2D eigenvalue weighted by Gasteiger charge is -2.26. The van der Waals surface area contributed by atoms with Crippen molar-refractivity contribution in [1.82, 2.24) is 14.7 Å². The molecule has 1 aliphatic rings. The second-order valence-corrected chi connectivity index (χ2v) is 9.75. The number of rotatable bonds is 7. The van der Waals surface area contributed by atoms with Gasteiger partial charge in [-0.05, 0) is 50.2 Å². The van der Waals surface area contributed by atoms with E-state index in [0.29, 0.717) is 44.3 Å². The van der Waals surface area contributed by atoms with Crippen molar-refractivity contribution >= 4 is 40.8 Å². The molecule has 0 aliphatic carbocycles. The molecular weight excluding hydrogens is 527 g/mol. The van der Waals surface area contributed by atoms with Crippen LogP contribution in [0.5, 0.6) is 11.5 Å². The van der Waals surface area contributed by atoms with Gasteiger partial charge in [0, 0.05) is 23.2 Å². The summed E-state index contributed by atoms with van der Waals surface area (Å²) in [5.41, 5.74) is 2.56. The Bertz CT molecular complexity index is 1500. The van der Waals surface area contributed by atoms with Crippen LogP contribution in [0.3, 0.4) is 0 Å². The van der Waals surface area contributed by atoms with E-state index in [-0.39, 0.29) is 31.2 Å². The first kappa shape index (κ1) is 25.6. The largest absolute Gasteiger partial charge is 0.454 e. The highest BCUT2D eigenvalue weighted by atomic mass is 35.5. The van der Waals surface area contributed by atoms with Gasteiger partial charge in [-0.25, -0.2) is 4.68 Å². The van der Waals surface area contributed by atoms with E-state index in [1.54, 1.807) is 47.1 Å². The smallest absolute Gasteiger partial charge is 0.254 e. The normalized spacial score (nSPS) is 12.0. The average molecular weight is 551 g/mol. The fourth-order valence-corrected chi connectivity index (χ4v) is 4.35. The lowest BCUT2D eigenvalue weighted by Crippen LogP contribution is -2.42. The fraction of sp³-hybridized carbons (Fsp3) is 0.179. The number of amides is 2. The lowest BCUT2D eigenvalue weighted by atomic mass is 10.1. The number of carbonyl (C=O) groups is 2. The van der Waals surface area contributed by atoms with E-state index < -0.39 is 0 Å². The van der Waals surface area contributed by atoms with Gasteiger partial charge in [-0.2, -0.15) is 5.10 Å². The molecule has 0 unspecified atom stereocenters. The molecule has 0 fully saturated rings. The number of carbonyl (C=O) groups excluding carboxylic acids is 2. The SMILES string of the molecule is CC(C)N(CC(=O)Nc1cc(-c2ccccc2)nn1-c1ccc(Cl)c(Cl)c1)C(=O)c1ccc2c(c1)OCO2. The highest BCUT2D eigenvalue weighted by Crippen LogP contribution is 2.33. The fourth-order valence-electron chi connectivity index (χ4n) is 4.06. The summed E-state index contributed by atoms with van der Waals surface area (Å²) in [6.07, 6.45) is 0. The molecule has 10 heteroatoms. The summed E-state index contributed by atoms with van der Waals surface area (Å²) in [7, 11) is 0. The minimum Gasteiger partial charge on any atom is -0.454 e. The molecule has 4 aromatic rings. The third-order valence-corrected chi connectivity index (χ3v) is 6.75. The van der Waals surface area contributed by atoms with Gasteiger partial charge in [0.25, 0.3) is 5.91 Å². The molecule has 194 valence electrons. The number of anilines is 1. The zero-order valence-corrected chi connectivity index (χ0v) is 22.2. The van der Waals surface area contributed by atoms with Gasteiger partial charge in [0.15, 0.2) is 11.5 Å². The van der Waals surface area contributed by atoms with Crippen LogP contribution in [0.1, 0.15) is 24.2 Å². The van der Waals surface area contributed by atoms with Gasteiger partial charge in [0.05, 0.1) is 21.4 Å². The van der Waals surface area contributed by atoms with Crippen LogP contribution in [0, 0.1) is 0 Å². The van der Waals surface area contributed by atoms with E-state index >= 15 is 0 Å². The maximum Gasteiger partial charge on any atom is 0.254 e. The second kappa shape index (κ2) is 10.8. The Kier molecular flexibility index (Phi) is 7.26. The highest BCUT2D eigenvalue weighted by molar-refractivity contribution is 6.42. The van der Waals surface area contributed by atoms with Crippen molar-refractivity contribution in [1.29, 1.82) is 0 Å². The van der Waals surface area contributed by atoms with Gasteiger partial charge in [-0.15, -0.1) is 0 Å². The molecule has 2 amide bonds. The first-order chi connectivity index (χ1) is 18.3. The Morgan fingerprint density at radius 1 is 0.974 bits per heavy atom. The monoisotopic (exact) mass is 550 g/mol. The van der Waals surface area contributed by atoms with Crippen LogP contribution in [0.4, 0.5) is 5.82 Å². The number of nitrogens with one attached hydrogen (secondary N) is 1. The Morgan fingerprint density at radius 2 is 1.74 bits per heavy atom. The minimum absolute atomic E-state index is 0.112. The number of aromatic nitrogens is 2. The Balaban J connectivity index is 1.41. The number of halogens is 2. The molecule has 0 atom stereocenters. The molecule has 1 N–H and O–H groups in total. The predicted octanol–water partition coefficient (Wildman–Crippen LogP) is 6.06. The third-order valence-electron chi connectivity index (χ3n) is 6.01. The van der Waals surface area contributed by atoms with E-state index in [1.165, 1.54) is 4.90 Å². The van der Waals surface area contributed by atoms with Crippen LogP contribution in [-0.2, 0) is 4.79 Å². The first-order valence-electron chi connectivity index (χ1n) is 11.9. The van der Waals surface area contributed by atoms with Crippen LogP contribution >= 0.6 is 23.2 Å². The summed E-state index contributed by atoms with van der Waals surface area (Å²) in [4.78, 5) is 28.1. The summed E-state index contributed by atoms with van der Waals surface area (Å²) in [5.74, 6) is 0.833.